The first-order valence-corrected chi connectivity index (χ1v) is 9.80. The van der Waals surface area contributed by atoms with E-state index in [1.54, 1.807) is 0 Å². The highest BCUT2D eigenvalue weighted by Gasteiger charge is 2.34. The van der Waals surface area contributed by atoms with Crippen LogP contribution in [0, 0.1) is 0 Å². The summed E-state index contributed by atoms with van der Waals surface area (Å²) in [4.78, 5) is 21.1. The van der Waals surface area contributed by atoms with E-state index >= 15 is 0 Å². The van der Waals surface area contributed by atoms with E-state index in [1.165, 1.54) is 5.69 Å². The van der Waals surface area contributed by atoms with E-state index in [2.05, 4.69) is 27.8 Å². The highest BCUT2D eigenvalue weighted by Crippen LogP contribution is 2.28. The minimum atomic E-state index is -0.475. The van der Waals surface area contributed by atoms with E-state index in [0.717, 1.165) is 31.9 Å². The van der Waals surface area contributed by atoms with E-state index in [4.69, 9.17) is 9.73 Å². The molecular formula is C20H35N5O2. The van der Waals surface area contributed by atoms with Gasteiger partial charge < -0.3 is 24.4 Å². The lowest BCUT2D eigenvalue weighted by molar-refractivity contribution is 0.0240. The zero-order chi connectivity index (χ0) is 20.0. The van der Waals surface area contributed by atoms with Crippen LogP contribution < -0.4 is 5.32 Å². The Labute approximate surface area is 163 Å². The third-order valence-corrected chi connectivity index (χ3v) is 4.37. The SMILES string of the molecule is CCNC(=NCCN(C(=O)OC(C)(C)C)C1CC1)N(C)Cc1cccn1C. The van der Waals surface area contributed by atoms with Crippen molar-refractivity contribution < 1.29 is 9.53 Å². The van der Waals surface area contributed by atoms with Gasteiger partial charge in [0.15, 0.2) is 5.96 Å². The molecule has 0 spiro atoms. The number of amides is 1. The average Bonchev–Trinajstić information content (AvgIpc) is 3.32. The Balaban J connectivity index is 1.96. The Kier molecular flexibility index (Phi) is 7.16. The van der Waals surface area contributed by atoms with Crippen LogP contribution in [0.4, 0.5) is 4.79 Å². The van der Waals surface area contributed by atoms with Crippen LogP contribution in [0.15, 0.2) is 23.3 Å². The van der Waals surface area contributed by atoms with Gasteiger partial charge in [-0.25, -0.2) is 4.79 Å². The third-order valence-electron chi connectivity index (χ3n) is 4.37. The molecule has 1 saturated carbocycles. The summed E-state index contributed by atoms with van der Waals surface area (Å²) in [6.45, 7) is 10.5. The van der Waals surface area contributed by atoms with Gasteiger partial charge >= 0.3 is 6.09 Å². The fourth-order valence-corrected chi connectivity index (χ4v) is 2.84. The number of nitrogens with zero attached hydrogens (tertiary/aromatic N) is 4. The van der Waals surface area contributed by atoms with Gasteiger partial charge in [-0.05, 0) is 52.7 Å². The van der Waals surface area contributed by atoms with Crippen molar-refractivity contribution in [3.8, 4) is 0 Å². The zero-order valence-corrected chi connectivity index (χ0v) is 17.7. The summed E-state index contributed by atoms with van der Waals surface area (Å²) in [5.74, 6) is 0.846. The zero-order valence-electron chi connectivity index (χ0n) is 17.7. The predicted molar refractivity (Wildman–Crippen MR) is 109 cm³/mol. The summed E-state index contributed by atoms with van der Waals surface area (Å²) in [5, 5.41) is 3.33. The number of guanidine groups is 1. The maximum absolute atomic E-state index is 12.5. The number of hydrogen-bond donors (Lipinski definition) is 1. The highest BCUT2D eigenvalue weighted by atomic mass is 16.6. The molecule has 1 aromatic heterocycles. The molecule has 0 atom stereocenters. The van der Waals surface area contributed by atoms with Gasteiger partial charge in [0, 0.05) is 45.1 Å². The van der Waals surface area contributed by atoms with Crippen molar-refractivity contribution in [3.63, 3.8) is 0 Å². The van der Waals surface area contributed by atoms with E-state index in [9.17, 15) is 4.79 Å². The second kappa shape index (κ2) is 9.15. The molecule has 1 aromatic rings. The number of carbonyl (C=O) groups excluding carboxylic acids is 1. The molecule has 0 aliphatic heterocycles. The highest BCUT2D eigenvalue weighted by molar-refractivity contribution is 5.79. The van der Waals surface area contributed by atoms with Crippen LogP contribution in [0.25, 0.3) is 0 Å². The van der Waals surface area contributed by atoms with Gasteiger partial charge in [-0.15, -0.1) is 0 Å². The Bertz CT molecular complexity index is 643. The molecule has 0 radical (unpaired) electrons. The van der Waals surface area contributed by atoms with Gasteiger partial charge in [0.1, 0.15) is 5.60 Å². The van der Waals surface area contributed by atoms with Gasteiger partial charge in [-0.2, -0.15) is 0 Å². The number of rotatable bonds is 7. The van der Waals surface area contributed by atoms with Crippen LogP contribution in [0.2, 0.25) is 0 Å². The van der Waals surface area contributed by atoms with Crippen LogP contribution >= 0.6 is 0 Å². The van der Waals surface area contributed by atoms with Gasteiger partial charge in [0.05, 0.1) is 13.1 Å². The summed E-state index contributed by atoms with van der Waals surface area (Å²) in [7, 11) is 4.07. The van der Waals surface area contributed by atoms with Crippen LogP contribution in [0.3, 0.4) is 0 Å². The van der Waals surface area contributed by atoms with Crippen LogP contribution in [-0.4, -0.2) is 64.7 Å². The molecule has 152 valence electrons. The second-order valence-electron chi connectivity index (χ2n) is 8.11. The fraction of sp³-hybridized carbons (Fsp3) is 0.700. The van der Waals surface area contributed by atoms with E-state index in [-0.39, 0.29) is 6.09 Å². The Morgan fingerprint density at radius 1 is 1.41 bits per heavy atom. The number of aliphatic imine (C=N–C) groups is 1. The molecule has 1 aliphatic carbocycles. The first kappa shape index (κ1) is 21.1. The Morgan fingerprint density at radius 2 is 2.11 bits per heavy atom. The number of aryl methyl sites for hydroxylation is 1. The van der Waals surface area contributed by atoms with Crippen molar-refractivity contribution in [1.29, 1.82) is 0 Å². The molecule has 1 amide bonds. The molecule has 2 rings (SSSR count). The molecular weight excluding hydrogens is 342 g/mol. The second-order valence-corrected chi connectivity index (χ2v) is 8.11. The quantitative estimate of drug-likeness (QED) is 0.586. The smallest absolute Gasteiger partial charge is 0.410 e. The lowest BCUT2D eigenvalue weighted by Gasteiger charge is -2.27. The molecule has 27 heavy (non-hydrogen) atoms. The summed E-state index contributed by atoms with van der Waals surface area (Å²) < 4.78 is 7.66. The molecule has 0 saturated heterocycles. The van der Waals surface area contributed by atoms with Crippen molar-refractivity contribution in [2.24, 2.45) is 12.0 Å². The van der Waals surface area contributed by atoms with Gasteiger partial charge in [0.2, 0.25) is 0 Å². The Hall–Kier alpha value is -2.18. The number of aromatic nitrogens is 1. The molecule has 0 bridgehead atoms. The lowest BCUT2D eigenvalue weighted by atomic mass is 10.2. The van der Waals surface area contributed by atoms with Gasteiger partial charge in [0.25, 0.3) is 0 Å². The van der Waals surface area contributed by atoms with E-state index in [1.807, 2.05) is 52.0 Å². The molecule has 0 aromatic carbocycles. The van der Waals surface area contributed by atoms with E-state index in [0.29, 0.717) is 19.1 Å². The molecule has 1 aliphatic rings. The first-order chi connectivity index (χ1) is 12.7. The number of nitrogens with one attached hydrogen (secondary N) is 1. The largest absolute Gasteiger partial charge is 0.444 e. The number of hydrogen-bond acceptors (Lipinski definition) is 3. The topological polar surface area (TPSA) is 62.1 Å². The monoisotopic (exact) mass is 377 g/mol. The molecule has 1 heterocycles. The van der Waals surface area contributed by atoms with Crippen LogP contribution in [0.1, 0.15) is 46.2 Å². The number of ether oxygens (including phenoxy) is 1. The average molecular weight is 378 g/mol. The summed E-state index contributed by atoms with van der Waals surface area (Å²) in [6, 6.07) is 4.46. The van der Waals surface area contributed by atoms with Crippen LogP contribution in [0.5, 0.6) is 0 Å². The van der Waals surface area contributed by atoms with Crippen LogP contribution in [-0.2, 0) is 18.3 Å². The molecule has 1 N–H and O–H groups in total. The maximum atomic E-state index is 12.5. The van der Waals surface area contributed by atoms with Crippen molar-refractivity contribution in [3.05, 3.63) is 24.0 Å². The molecule has 7 nitrogen and oxygen atoms in total. The fourth-order valence-electron chi connectivity index (χ4n) is 2.84. The summed E-state index contributed by atoms with van der Waals surface area (Å²) in [5.41, 5.74) is 0.744. The predicted octanol–water partition coefficient (Wildman–Crippen LogP) is 2.82. The van der Waals surface area contributed by atoms with E-state index < -0.39 is 5.60 Å². The van der Waals surface area contributed by atoms with Crippen molar-refractivity contribution in [1.82, 2.24) is 19.7 Å². The minimum absolute atomic E-state index is 0.234. The molecule has 7 heteroatoms. The molecule has 0 unspecified atom stereocenters. The van der Waals surface area contributed by atoms with Crippen molar-refractivity contribution >= 4 is 12.1 Å². The van der Waals surface area contributed by atoms with Gasteiger partial charge in [-0.1, -0.05) is 0 Å². The lowest BCUT2D eigenvalue weighted by Crippen LogP contribution is -2.41. The van der Waals surface area contributed by atoms with Gasteiger partial charge in [-0.3, -0.25) is 4.99 Å². The minimum Gasteiger partial charge on any atom is -0.444 e. The van der Waals surface area contributed by atoms with Crippen molar-refractivity contribution in [2.45, 2.75) is 58.7 Å². The standard InChI is InChI=1S/C20H35N5O2/c1-7-21-18(24(6)15-17-9-8-13-23(17)5)22-12-14-25(16-10-11-16)19(26)27-20(2,3)4/h8-9,13,16H,7,10-12,14-15H2,1-6H3,(H,21,22). The summed E-state index contributed by atoms with van der Waals surface area (Å²) >= 11 is 0. The van der Waals surface area contributed by atoms with Crippen molar-refractivity contribution in [2.75, 3.05) is 26.7 Å². The number of carbonyl (C=O) groups is 1. The normalized spacial score (nSPS) is 14.8. The maximum Gasteiger partial charge on any atom is 0.410 e. The summed E-state index contributed by atoms with van der Waals surface area (Å²) in [6.07, 6.45) is 3.91. The third kappa shape index (κ3) is 6.81. The Morgan fingerprint density at radius 3 is 2.63 bits per heavy atom. The first-order valence-electron chi connectivity index (χ1n) is 9.80. The molecule has 1 fully saturated rings.